The number of aryl methyl sites for hydroxylation is 2. The third kappa shape index (κ3) is 4.35. The first-order valence-electron chi connectivity index (χ1n) is 11.2. The molecule has 1 aliphatic heterocycles. The van der Waals surface area contributed by atoms with E-state index >= 15 is 0 Å². The molecule has 0 spiro atoms. The number of hydrogen-bond acceptors (Lipinski definition) is 5. The Hall–Kier alpha value is -1.83. The molecule has 1 aromatic heterocycles. The van der Waals surface area contributed by atoms with E-state index in [0.717, 1.165) is 59.5 Å². The van der Waals surface area contributed by atoms with Crippen molar-refractivity contribution in [1.29, 1.82) is 0 Å². The topological polar surface area (TPSA) is 87.4 Å². The number of hydrogen-bond donors (Lipinski definition) is 3. The minimum Gasteiger partial charge on any atom is -0.395 e. The first kappa shape index (κ1) is 26.4. The van der Waals surface area contributed by atoms with Gasteiger partial charge in [-0.05, 0) is 56.2 Å². The number of anilines is 1. The van der Waals surface area contributed by atoms with Gasteiger partial charge >= 0.3 is 0 Å². The summed E-state index contributed by atoms with van der Waals surface area (Å²) in [5.41, 5.74) is 3.84. The highest BCUT2D eigenvalue weighted by molar-refractivity contribution is 7.59. The summed E-state index contributed by atoms with van der Waals surface area (Å²) in [6.07, 6.45) is 5.49. The molecular formula is C25H39N3O3S. The number of aliphatic hydroxyl groups is 1. The van der Waals surface area contributed by atoms with E-state index in [-0.39, 0.29) is 51.3 Å². The van der Waals surface area contributed by atoms with Crippen LogP contribution < -0.4 is 10.6 Å². The summed E-state index contributed by atoms with van der Waals surface area (Å²) in [6, 6.07) is 5.97. The molecule has 178 valence electrons. The van der Waals surface area contributed by atoms with Crippen LogP contribution in [0.5, 0.6) is 0 Å². The van der Waals surface area contributed by atoms with Crippen molar-refractivity contribution < 1.29 is 14.4 Å². The summed E-state index contributed by atoms with van der Waals surface area (Å²) in [4.78, 5) is 13.6. The van der Waals surface area contributed by atoms with Gasteiger partial charge < -0.3 is 14.9 Å². The van der Waals surface area contributed by atoms with Gasteiger partial charge in [0.2, 0.25) is 5.91 Å². The summed E-state index contributed by atoms with van der Waals surface area (Å²) in [5, 5.41) is 21.0. The monoisotopic (exact) mass is 461 g/mol. The van der Waals surface area contributed by atoms with Gasteiger partial charge in [-0.3, -0.25) is 10.1 Å². The summed E-state index contributed by atoms with van der Waals surface area (Å²) in [6.45, 7) is 8.01. The first-order valence-corrected chi connectivity index (χ1v) is 11.2. The minimum absolute atomic E-state index is 0. The number of nitrogens with one attached hydrogen (secondary N) is 2. The van der Waals surface area contributed by atoms with Crippen molar-refractivity contribution in [3.63, 3.8) is 0 Å². The van der Waals surface area contributed by atoms with E-state index < -0.39 is 5.54 Å². The Balaban J connectivity index is 0.00000181. The third-order valence-corrected chi connectivity index (χ3v) is 7.00. The lowest BCUT2D eigenvalue weighted by Gasteiger charge is -2.42. The SMILES string of the molecule is C.Cc1noc(C)c1-c1ccc2c(c1)C(N[C@@H](CO)C(C)C)(C1CCCCC1)C(=O)N2.S. The molecule has 2 atom stereocenters. The number of aromatic nitrogens is 1. The zero-order valence-corrected chi connectivity index (χ0v) is 19.9. The first-order chi connectivity index (χ1) is 14.4. The highest BCUT2D eigenvalue weighted by atomic mass is 32.1. The van der Waals surface area contributed by atoms with Crippen molar-refractivity contribution in [2.75, 3.05) is 11.9 Å². The van der Waals surface area contributed by atoms with Crippen LogP contribution in [0.1, 0.15) is 70.4 Å². The molecule has 32 heavy (non-hydrogen) atoms. The zero-order chi connectivity index (χ0) is 21.5. The lowest BCUT2D eigenvalue weighted by atomic mass is 9.70. The van der Waals surface area contributed by atoms with Crippen molar-refractivity contribution in [1.82, 2.24) is 10.5 Å². The molecule has 1 aliphatic carbocycles. The molecule has 2 heterocycles. The van der Waals surface area contributed by atoms with Crippen LogP contribution in [0.4, 0.5) is 5.69 Å². The number of aliphatic hydroxyl groups excluding tert-OH is 1. The molecule has 0 bridgehead atoms. The quantitative estimate of drug-likeness (QED) is 0.561. The van der Waals surface area contributed by atoms with Gasteiger partial charge in [0, 0.05) is 22.9 Å². The average molecular weight is 462 g/mol. The molecule has 1 saturated carbocycles. The molecule has 2 aliphatic rings. The van der Waals surface area contributed by atoms with Crippen LogP contribution in [0.3, 0.4) is 0 Å². The second-order valence-corrected chi connectivity index (χ2v) is 9.23. The van der Waals surface area contributed by atoms with E-state index in [1.54, 1.807) is 0 Å². The lowest BCUT2D eigenvalue weighted by molar-refractivity contribution is -0.125. The van der Waals surface area contributed by atoms with Gasteiger partial charge in [-0.1, -0.05) is 51.8 Å². The molecule has 1 fully saturated rings. The van der Waals surface area contributed by atoms with Crippen LogP contribution in [0, 0.1) is 25.7 Å². The van der Waals surface area contributed by atoms with E-state index in [1.165, 1.54) is 6.42 Å². The van der Waals surface area contributed by atoms with Crippen LogP contribution >= 0.6 is 13.5 Å². The maximum Gasteiger partial charge on any atom is 0.249 e. The molecule has 0 saturated heterocycles. The fourth-order valence-electron chi connectivity index (χ4n) is 5.29. The van der Waals surface area contributed by atoms with Gasteiger partial charge in [0.1, 0.15) is 11.3 Å². The molecule has 0 radical (unpaired) electrons. The summed E-state index contributed by atoms with van der Waals surface area (Å²) in [5.74, 6) is 1.18. The van der Waals surface area contributed by atoms with Crippen molar-refractivity contribution >= 4 is 25.1 Å². The third-order valence-electron chi connectivity index (χ3n) is 7.00. The summed E-state index contributed by atoms with van der Waals surface area (Å²) < 4.78 is 5.39. The predicted molar refractivity (Wildman–Crippen MR) is 134 cm³/mol. The molecule has 1 amide bonds. The average Bonchev–Trinajstić information content (AvgIpc) is 3.22. The van der Waals surface area contributed by atoms with Crippen LogP contribution in [-0.4, -0.2) is 28.8 Å². The number of fused-ring (bicyclic) bond motifs is 1. The molecule has 2 aromatic rings. The van der Waals surface area contributed by atoms with E-state index in [2.05, 4.69) is 35.7 Å². The highest BCUT2D eigenvalue weighted by Gasteiger charge is 2.53. The zero-order valence-electron chi connectivity index (χ0n) is 18.9. The lowest BCUT2D eigenvalue weighted by Crippen LogP contribution is -2.59. The fourth-order valence-corrected chi connectivity index (χ4v) is 5.29. The van der Waals surface area contributed by atoms with Crippen molar-refractivity contribution in [3.8, 4) is 11.1 Å². The largest absolute Gasteiger partial charge is 0.395 e. The number of rotatable bonds is 6. The van der Waals surface area contributed by atoms with Crippen LogP contribution in [0.2, 0.25) is 0 Å². The Labute approximate surface area is 199 Å². The van der Waals surface area contributed by atoms with Crippen LogP contribution in [0.15, 0.2) is 22.7 Å². The molecule has 1 aromatic carbocycles. The number of benzene rings is 1. The van der Waals surface area contributed by atoms with Gasteiger partial charge in [0.25, 0.3) is 0 Å². The van der Waals surface area contributed by atoms with Crippen molar-refractivity contribution in [2.45, 2.75) is 78.8 Å². The Bertz CT molecular complexity index is 917. The number of amides is 1. The van der Waals surface area contributed by atoms with Crippen LogP contribution in [0.25, 0.3) is 11.1 Å². The van der Waals surface area contributed by atoms with Crippen LogP contribution in [-0.2, 0) is 10.3 Å². The Morgan fingerprint density at radius 3 is 2.50 bits per heavy atom. The van der Waals surface area contributed by atoms with Crippen molar-refractivity contribution in [2.24, 2.45) is 11.8 Å². The number of carbonyl (C=O) groups is 1. The number of nitrogens with zero attached hydrogens (tertiary/aromatic N) is 1. The molecule has 4 rings (SSSR count). The molecule has 6 nitrogen and oxygen atoms in total. The predicted octanol–water partition coefficient (Wildman–Crippen LogP) is 5.04. The van der Waals surface area contributed by atoms with Crippen molar-refractivity contribution in [3.05, 3.63) is 35.2 Å². The van der Waals surface area contributed by atoms with Gasteiger partial charge in [-0.25, -0.2) is 0 Å². The van der Waals surface area contributed by atoms with Gasteiger partial charge in [0.15, 0.2) is 0 Å². The maximum absolute atomic E-state index is 13.6. The molecule has 7 heteroatoms. The standard InChI is InChI=1S/C24H33N3O3.CH4.H2S/c1-14(2)21(13-28)26-24(18-8-6-5-7-9-18)19-12-17(10-11-20(19)25-23(24)29)22-15(3)27-30-16(22)4;;/h10-12,14,18,21,26,28H,5-9,13H2,1-4H3,(H,25,29);1H4;1H2/t21-,24?;;/m0../s1. The maximum atomic E-state index is 13.6. The van der Waals surface area contributed by atoms with Gasteiger partial charge in [-0.2, -0.15) is 13.5 Å². The molecular weight excluding hydrogens is 422 g/mol. The number of carbonyl (C=O) groups excluding carboxylic acids is 1. The highest BCUT2D eigenvalue weighted by Crippen LogP contribution is 2.48. The normalized spacial score (nSPS) is 21.5. The second kappa shape index (κ2) is 10.4. The van der Waals surface area contributed by atoms with E-state index in [0.29, 0.717) is 0 Å². The Kier molecular flexibility index (Phi) is 8.59. The van der Waals surface area contributed by atoms with Gasteiger partial charge in [-0.15, -0.1) is 0 Å². The Morgan fingerprint density at radius 2 is 1.94 bits per heavy atom. The summed E-state index contributed by atoms with van der Waals surface area (Å²) >= 11 is 0. The fraction of sp³-hybridized carbons (Fsp3) is 0.600. The smallest absolute Gasteiger partial charge is 0.249 e. The Morgan fingerprint density at radius 1 is 1.25 bits per heavy atom. The summed E-state index contributed by atoms with van der Waals surface area (Å²) in [7, 11) is 0. The molecule has 1 unspecified atom stereocenters. The molecule has 3 N–H and O–H groups in total. The van der Waals surface area contributed by atoms with E-state index in [1.807, 2.05) is 26.0 Å². The second-order valence-electron chi connectivity index (χ2n) is 9.23. The minimum atomic E-state index is -0.831. The van der Waals surface area contributed by atoms with Gasteiger partial charge in [0.05, 0.1) is 12.3 Å². The van der Waals surface area contributed by atoms with E-state index in [9.17, 15) is 9.90 Å². The van der Waals surface area contributed by atoms with E-state index in [4.69, 9.17) is 4.52 Å².